The van der Waals surface area contributed by atoms with Crippen LogP contribution in [0.25, 0.3) is 10.9 Å². The number of methoxy groups -OCH3 is 1. The predicted octanol–water partition coefficient (Wildman–Crippen LogP) is 2.60. The lowest BCUT2D eigenvalue weighted by molar-refractivity contribution is -0.368. The highest BCUT2D eigenvalue weighted by atomic mass is 16.5. The molecule has 2 heterocycles. The Morgan fingerprint density at radius 2 is 1.98 bits per heavy atom. The van der Waals surface area contributed by atoms with Gasteiger partial charge in [0.15, 0.2) is 0 Å². The SMILES string of the molecule is CCC(CC[NH3+])Nc1ncnc(N)c1C(=N)c1ccc(NC(=O)c2cc3ccccc3n2CC(=O)O)c(OC)c1. The van der Waals surface area contributed by atoms with Crippen molar-refractivity contribution in [3.63, 3.8) is 0 Å². The number of benzene rings is 2. The van der Waals surface area contributed by atoms with Gasteiger partial charge in [-0.25, -0.2) is 9.97 Å². The van der Waals surface area contributed by atoms with Crippen molar-refractivity contribution in [2.24, 2.45) is 0 Å². The van der Waals surface area contributed by atoms with Crippen LogP contribution < -0.4 is 26.8 Å². The molecular weight excluding hydrogens is 512 g/mol. The van der Waals surface area contributed by atoms with Gasteiger partial charge in [0.25, 0.3) is 5.91 Å². The molecule has 0 spiro atoms. The summed E-state index contributed by atoms with van der Waals surface area (Å²) < 4.78 is 6.99. The summed E-state index contributed by atoms with van der Waals surface area (Å²) in [5.74, 6) is -0.632. The lowest BCUT2D eigenvalue weighted by Crippen LogP contribution is -2.51. The zero-order valence-corrected chi connectivity index (χ0v) is 22.4. The molecule has 2 aromatic heterocycles. The number of hydrogen-bond acceptors (Lipinski definition) is 8. The van der Waals surface area contributed by atoms with Crippen LogP contribution in [0, 0.1) is 5.41 Å². The molecule has 0 aliphatic heterocycles. The molecular formula is C28H33N8O4+. The third-order valence-corrected chi connectivity index (χ3v) is 6.59. The Kier molecular flexibility index (Phi) is 8.60. The quantitative estimate of drug-likeness (QED) is 0.146. The first-order valence-electron chi connectivity index (χ1n) is 12.8. The molecule has 1 unspecified atom stereocenters. The number of nitrogens with zero attached hydrogens (tertiary/aromatic N) is 3. The van der Waals surface area contributed by atoms with E-state index in [0.717, 1.165) is 24.8 Å². The number of aromatic nitrogens is 3. The summed E-state index contributed by atoms with van der Waals surface area (Å²) in [6.07, 6.45) is 3.04. The Bertz CT molecular complexity index is 1570. The van der Waals surface area contributed by atoms with E-state index in [-0.39, 0.29) is 29.8 Å². The van der Waals surface area contributed by atoms with Gasteiger partial charge in [0.1, 0.15) is 36.0 Å². The number of carboxylic acid groups (broad SMARTS) is 1. The van der Waals surface area contributed by atoms with Crippen LogP contribution in [-0.2, 0) is 11.3 Å². The van der Waals surface area contributed by atoms with E-state index >= 15 is 0 Å². The van der Waals surface area contributed by atoms with Crippen molar-refractivity contribution >= 4 is 45.8 Å². The van der Waals surface area contributed by atoms with Crippen LogP contribution in [0.15, 0.2) is 54.9 Å². The van der Waals surface area contributed by atoms with Crippen LogP contribution in [-0.4, -0.2) is 56.9 Å². The molecule has 1 amide bonds. The van der Waals surface area contributed by atoms with Gasteiger partial charge in [-0.1, -0.05) is 31.2 Å². The fraction of sp³-hybridized carbons (Fsp3) is 0.250. The predicted molar refractivity (Wildman–Crippen MR) is 153 cm³/mol. The van der Waals surface area contributed by atoms with Gasteiger partial charge in [0.2, 0.25) is 0 Å². The van der Waals surface area contributed by atoms with E-state index < -0.39 is 11.9 Å². The molecule has 0 aliphatic rings. The molecule has 9 N–H and O–H groups in total. The Balaban J connectivity index is 1.64. The maximum Gasteiger partial charge on any atom is 0.323 e. The van der Waals surface area contributed by atoms with E-state index in [1.54, 1.807) is 36.4 Å². The van der Waals surface area contributed by atoms with Crippen molar-refractivity contribution < 1.29 is 25.2 Å². The van der Waals surface area contributed by atoms with E-state index in [1.807, 2.05) is 12.1 Å². The van der Waals surface area contributed by atoms with E-state index in [9.17, 15) is 14.7 Å². The molecule has 0 saturated heterocycles. The summed E-state index contributed by atoms with van der Waals surface area (Å²) in [6.45, 7) is 2.44. The molecule has 1 atom stereocenters. The van der Waals surface area contributed by atoms with E-state index in [4.69, 9.17) is 15.9 Å². The van der Waals surface area contributed by atoms with Crippen LogP contribution in [0.5, 0.6) is 5.75 Å². The molecule has 0 saturated carbocycles. The van der Waals surface area contributed by atoms with Gasteiger partial charge in [-0.3, -0.25) is 15.0 Å². The number of hydrogen-bond donors (Lipinski definition) is 6. The highest BCUT2D eigenvalue weighted by Crippen LogP contribution is 2.30. The summed E-state index contributed by atoms with van der Waals surface area (Å²) in [5, 5.41) is 25.2. The fourth-order valence-corrected chi connectivity index (χ4v) is 4.56. The summed E-state index contributed by atoms with van der Waals surface area (Å²) in [5.41, 5.74) is 12.2. The monoisotopic (exact) mass is 545 g/mol. The summed E-state index contributed by atoms with van der Waals surface area (Å²) in [4.78, 5) is 33.2. The second-order valence-electron chi connectivity index (χ2n) is 9.19. The minimum atomic E-state index is -1.06. The van der Waals surface area contributed by atoms with Gasteiger partial charge >= 0.3 is 5.97 Å². The summed E-state index contributed by atoms with van der Waals surface area (Å²) in [7, 11) is 1.46. The van der Waals surface area contributed by atoms with Crippen molar-refractivity contribution in [2.75, 3.05) is 30.0 Å². The normalized spacial score (nSPS) is 11.7. The third-order valence-electron chi connectivity index (χ3n) is 6.59. The Morgan fingerprint density at radius 1 is 1.20 bits per heavy atom. The average Bonchev–Trinajstić information content (AvgIpc) is 3.30. The first-order chi connectivity index (χ1) is 19.3. The number of carbonyl (C=O) groups excluding carboxylic acids is 1. The zero-order chi connectivity index (χ0) is 28.8. The van der Waals surface area contributed by atoms with Crippen LogP contribution in [0.3, 0.4) is 0 Å². The number of carboxylic acids is 1. The largest absolute Gasteiger partial charge is 0.495 e. The number of amides is 1. The van der Waals surface area contributed by atoms with Crippen molar-refractivity contribution in [3.8, 4) is 5.75 Å². The highest BCUT2D eigenvalue weighted by Gasteiger charge is 2.22. The van der Waals surface area contributed by atoms with Gasteiger partial charge in [-0.05, 0) is 30.7 Å². The highest BCUT2D eigenvalue weighted by molar-refractivity contribution is 6.17. The van der Waals surface area contributed by atoms with Crippen molar-refractivity contribution in [3.05, 3.63) is 71.7 Å². The Hall–Kier alpha value is -4.97. The number of quaternary nitrogens is 1. The van der Waals surface area contributed by atoms with Crippen molar-refractivity contribution in [1.82, 2.24) is 14.5 Å². The van der Waals surface area contributed by atoms with Crippen LogP contribution in [0.2, 0.25) is 0 Å². The molecule has 4 rings (SSSR count). The molecule has 2 aromatic carbocycles. The number of aliphatic carboxylic acids is 1. The number of nitrogen functional groups attached to an aromatic ring is 1. The molecule has 0 fully saturated rings. The maximum atomic E-state index is 13.3. The number of rotatable bonds is 12. The van der Waals surface area contributed by atoms with Gasteiger partial charge in [-0.2, -0.15) is 0 Å². The minimum absolute atomic E-state index is 0.0860. The Morgan fingerprint density at radius 3 is 2.67 bits per heavy atom. The minimum Gasteiger partial charge on any atom is -0.495 e. The van der Waals surface area contributed by atoms with E-state index in [0.29, 0.717) is 33.9 Å². The number of fused-ring (bicyclic) bond motifs is 1. The number of ether oxygens (including phenoxy) is 1. The second kappa shape index (κ2) is 12.3. The molecule has 40 heavy (non-hydrogen) atoms. The van der Waals surface area contributed by atoms with Crippen LogP contribution >= 0.6 is 0 Å². The van der Waals surface area contributed by atoms with E-state index in [1.165, 1.54) is 18.0 Å². The third kappa shape index (κ3) is 5.86. The number of anilines is 3. The van der Waals surface area contributed by atoms with Gasteiger partial charge in [0.05, 0.1) is 30.6 Å². The van der Waals surface area contributed by atoms with Crippen molar-refractivity contribution in [1.29, 1.82) is 5.41 Å². The summed E-state index contributed by atoms with van der Waals surface area (Å²) >= 11 is 0. The lowest BCUT2D eigenvalue weighted by Gasteiger charge is -2.20. The molecule has 0 bridgehead atoms. The number of nitrogens with one attached hydrogen (secondary N) is 3. The zero-order valence-electron chi connectivity index (χ0n) is 22.4. The average molecular weight is 546 g/mol. The smallest absolute Gasteiger partial charge is 0.323 e. The van der Waals surface area contributed by atoms with Crippen molar-refractivity contribution in [2.45, 2.75) is 32.4 Å². The molecule has 0 aliphatic carbocycles. The fourth-order valence-electron chi connectivity index (χ4n) is 4.56. The van der Waals surface area contributed by atoms with E-state index in [2.05, 4.69) is 33.3 Å². The van der Waals surface area contributed by atoms with Crippen LogP contribution in [0.1, 0.15) is 41.4 Å². The number of carbonyl (C=O) groups is 2. The first-order valence-corrected chi connectivity index (χ1v) is 12.8. The van der Waals surface area contributed by atoms with Gasteiger partial charge in [0, 0.05) is 28.9 Å². The molecule has 4 aromatic rings. The topological polar surface area (TPSA) is 196 Å². The molecule has 12 nitrogen and oxygen atoms in total. The van der Waals surface area contributed by atoms with Gasteiger partial charge in [-0.15, -0.1) is 0 Å². The molecule has 0 radical (unpaired) electrons. The van der Waals surface area contributed by atoms with Gasteiger partial charge < -0.3 is 36.5 Å². The molecule has 12 heteroatoms. The maximum absolute atomic E-state index is 13.3. The number of para-hydroxylation sites is 1. The van der Waals surface area contributed by atoms with Crippen LogP contribution in [0.4, 0.5) is 17.3 Å². The molecule has 208 valence electrons. The lowest BCUT2D eigenvalue weighted by atomic mass is 10.0. The summed E-state index contributed by atoms with van der Waals surface area (Å²) in [6, 6.07) is 13.8. The standard InChI is InChI=1S/C28H32N8O4/c1-3-18(10-11-29)34-27-24(26(31)32-15-33-27)25(30)17-8-9-19(22(13-17)40-2)35-28(39)21-12-16-6-4-5-7-20(16)36(21)14-23(37)38/h4-9,12-13,15,18,30H,3,10-11,14,29H2,1-2H3,(H,35,39)(H,37,38)(H3,31,32,33,34)/p+1. The Labute approximate surface area is 230 Å². The second-order valence-corrected chi connectivity index (χ2v) is 9.19. The first kappa shape index (κ1) is 28.0. The number of nitrogens with two attached hydrogens (primary N) is 1.